The molecule has 0 aromatic heterocycles. The molecular formula is C14H23NO2S. The second-order valence-electron chi connectivity index (χ2n) is 4.50. The number of hydrogen-bond acceptors (Lipinski definition) is 3. The first-order valence-corrected chi connectivity index (χ1v) is 8.24. The summed E-state index contributed by atoms with van der Waals surface area (Å²) in [5.74, 6) is 0.267. The summed E-state index contributed by atoms with van der Waals surface area (Å²) in [5.41, 5.74) is 0. The van der Waals surface area contributed by atoms with E-state index in [-0.39, 0.29) is 5.75 Å². The van der Waals surface area contributed by atoms with E-state index in [4.69, 9.17) is 0 Å². The number of rotatable bonds is 9. The maximum Gasteiger partial charge on any atom is 0.178 e. The molecule has 0 amide bonds. The molecular weight excluding hydrogens is 246 g/mol. The fourth-order valence-electron chi connectivity index (χ4n) is 1.87. The van der Waals surface area contributed by atoms with Crippen LogP contribution in [0.4, 0.5) is 0 Å². The predicted octanol–water partition coefficient (Wildman–Crippen LogP) is 2.63. The van der Waals surface area contributed by atoms with Crippen LogP contribution in [0.3, 0.4) is 0 Å². The minimum absolute atomic E-state index is 0.267. The van der Waals surface area contributed by atoms with Crippen molar-refractivity contribution in [3.8, 4) is 0 Å². The van der Waals surface area contributed by atoms with Gasteiger partial charge in [-0.2, -0.15) is 0 Å². The highest BCUT2D eigenvalue weighted by Crippen LogP contribution is 2.13. The average Bonchev–Trinajstić information content (AvgIpc) is 2.39. The minimum atomic E-state index is -3.07. The predicted molar refractivity (Wildman–Crippen MR) is 75.5 cm³/mol. The molecule has 1 rings (SSSR count). The Kier molecular flexibility index (Phi) is 6.98. The third kappa shape index (κ3) is 5.65. The van der Waals surface area contributed by atoms with Crippen LogP contribution in [-0.4, -0.2) is 27.8 Å². The van der Waals surface area contributed by atoms with Crippen LogP contribution in [0.1, 0.15) is 32.1 Å². The number of nitrogens with one attached hydrogen (secondary N) is 1. The van der Waals surface area contributed by atoms with Gasteiger partial charge in [0.1, 0.15) is 0 Å². The van der Waals surface area contributed by atoms with E-state index >= 15 is 0 Å². The van der Waals surface area contributed by atoms with E-state index in [0.717, 1.165) is 25.8 Å². The van der Waals surface area contributed by atoms with Crippen LogP contribution in [0.5, 0.6) is 0 Å². The summed E-state index contributed by atoms with van der Waals surface area (Å²) in [4.78, 5) is 0.445. The topological polar surface area (TPSA) is 46.2 Å². The summed E-state index contributed by atoms with van der Waals surface area (Å²) in [6.45, 7) is 1.04. The van der Waals surface area contributed by atoms with E-state index in [9.17, 15) is 8.42 Å². The molecule has 1 N–H and O–H groups in total. The summed E-state index contributed by atoms with van der Waals surface area (Å²) >= 11 is 0. The smallest absolute Gasteiger partial charge is 0.178 e. The zero-order valence-corrected chi connectivity index (χ0v) is 11.9. The van der Waals surface area contributed by atoms with Gasteiger partial charge >= 0.3 is 0 Å². The van der Waals surface area contributed by atoms with Gasteiger partial charge in [0.2, 0.25) is 0 Å². The van der Waals surface area contributed by atoms with E-state index in [2.05, 4.69) is 5.32 Å². The van der Waals surface area contributed by atoms with Crippen LogP contribution in [0, 0.1) is 0 Å². The van der Waals surface area contributed by atoms with E-state index in [1.807, 2.05) is 13.1 Å². The lowest BCUT2D eigenvalue weighted by Gasteiger charge is -2.04. The maximum absolute atomic E-state index is 12.0. The van der Waals surface area contributed by atoms with Crippen LogP contribution in [-0.2, 0) is 9.84 Å². The van der Waals surface area contributed by atoms with Crippen molar-refractivity contribution in [2.45, 2.75) is 37.0 Å². The Morgan fingerprint density at radius 1 is 0.944 bits per heavy atom. The standard InChI is InChI=1S/C14H23NO2S/c1-15-12-8-3-2-4-9-13-18(16,17)14-10-6-5-7-11-14/h5-7,10-11,15H,2-4,8-9,12-13H2,1H3. The van der Waals surface area contributed by atoms with E-state index in [0.29, 0.717) is 4.90 Å². The Morgan fingerprint density at radius 2 is 1.56 bits per heavy atom. The third-order valence-electron chi connectivity index (χ3n) is 2.94. The maximum atomic E-state index is 12.0. The van der Waals surface area contributed by atoms with Gasteiger partial charge < -0.3 is 5.32 Å². The van der Waals surface area contributed by atoms with Gasteiger partial charge in [0.15, 0.2) is 9.84 Å². The van der Waals surface area contributed by atoms with Crippen molar-refractivity contribution in [3.63, 3.8) is 0 Å². The minimum Gasteiger partial charge on any atom is -0.320 e. The van der Waals surface area contributed by atoms with Gasteiger partial charge in [-0.05, 0) is 38.6 Å². The third-order valence-corrected chi connectivity index (χ3v) is 4.76. The molecule has 0 atom stereocenters. The molecule has 0 aliphatic heterocycles. The fourth-order valence-corrected chi connectivity index (χ4v) is 3.26. The van der Waals surface area contributed by atoms with Gasteiger partial charge in [-0.15, -0.1) is 0 Å². The highest BCUT2D eigenvalue weighted by atomic mass is 32.2. The van der Waals surface area contributed by atoms with Crippen molar-refractivity contribution in [2.24, 2.45) is 0 Å². The number of hydrogen-bond donors (Lipinski definition) is 1. The molecule has 0 radical (unpaired) electrons. The summed E-state index contributed by atoms with van der Waals surface area (Å²) in [6, 6.07) is 8.71. The molecule has 0 aliphatic rings. The zero-order chi connectivity index (χ0) is 13.3. The molecule has 0 spiro atoms. The van der Waals surface area contributed by atoms with Crippen LogP contribution in [0.15, 0.2) is 35.2 Å². The summed E-state index contributed by atoms with van der Waals surface area (Å²) in [7, 11) is -1.12. The summed E-state index contributed by atoms with van der Waals surface area (Å²) in [6.07, 6.45) is 5.21. The van der Waals surface area contributed by atoms with Crippen LogP contribution >= 0.6 is 0 Å². The van der Waals surface area contributed by atoms with Gasteiger partial charge in [0.25, 0.3) is 0 Å². The van der Waals surface area contributed by atoms with Crippen molar-refractivity contribution in [1.29, 1.82) is 0 Å². The normalized spacial score (nSPS) is 11.6. The molecule has 0 bridgehead atoms. The molecule has 0 unspecified atom stereocenters. The second-order valence-corrected chi connectivity index (χ2v) is 6.61. The summed E-state index contributed by atoms with van der Waals surface area (Å²) in [5, 5.41) is 3.11. The summed E-state index contributed by atoms with van der Waals surface area (Å²) < 4.78 is 23.9. The lowest BCUT2D eigenvalue weighted by atomic mass is 10.1. The Labute approximate surface area is 111 Å². The fraction of sp³-hybridized carbons (Fsp3) is 0.571. The first-order valence-electron chi connectivity index (χ1n) is 6.59. The van der Waals surface area contributed by atoms with Crippen molar-refractivity contribution in [1.82, 2.24) is 5.32 Å². The molecule has 102 valence electrons. The monoisotopic (exact) mass is 269 g/mol. The van der Waals surface area contributed by atoms with E-state index in [1.54, 1.807) is 24.3 Å². The molecule has 18 heavy (non-hydrogen) atoms. The zero-order valence-electron chi connectivity index (χ0n) is 11.1. The first kappa shape index (κ1) is 15.2. The average molecular weight is 269 g/mol. The van der Waals surface area contributed by atoms with E-state index in [1.165, 1.54) is 12.8 Å². The largest absolute Gasteiger partial charge is 0.320 e. The Morgan fingerprint density at radius 3 is 2.22 bits per heavy atom. The molecule has 0 saturated heterocycles. The molecule has 0 aliphatic carbocycles. The first-order chi connectivity index (χ1) is 8.67. The quantitative estimate of drug-likeness (QED) is 0.701. The van der Waals surface area contributed by atoms with Crippen LogP contribution in [0.2, 0.25) is 0 Å². The molecule has 0 saturated carbocycles. The van der Waals surface area contributed by atoms with E-state index < -0.39 is 9.84 Å². The SMILES string of the molecule is CNCCCCCCCS(=O)(=O)c1ccccc1. The van der Waals surface area contributed by atoms with Gasteiger partial charge in [-0.25, -0.2) is 8.42 Å². The molecule has 3 nitrogen and oxygen atoms in total. The molecule has 1 aromatic rings. The number of benzene rings is 1. The molecule has 1 aromatic carbocycles. The highest BCUT2D eigenvalue weighted by molar-refractivity contribution is 7.91. The Hall–Kier alpha value is -0.870. The molecule has 4 heteroatoms. The number of unbranched alkanes of at least 4 members (excludes halogenated alkanes) is 4. The number of sulfone groups is 1. The Bertz CT molecular complexity index is 415. The van der Waals surface area contributed by atoms with Crippen molar-refractivity contribution >= 4 is 9.84 Å². The van der Waals surface area contributed by atoms with Crippen LogP contribution in [0.25, 0.3) is 0 Å². The highest BCUT2D eigenvalue weighted by Gasteiger charge is 2.12. The van der Waals surface area contributed by atoms with Crippen molar-refractivity contribution < 1.29 is 8.42 Å². The van der Waals surface area contributed by atoms with Gasteiger partial charge in [-0.3, -0.25) is 0 Å². The lowest BCUT2D eigenvalue weighted by molar-refractivity contribution is 0.581. The van der Waals surface area contributed by atoms with Gasteiger partial charge in [-0.1, -0.05) is 37.5 Å². The van der Waals surface area contributed by atoms with Gasteiger partial charge in [0.05, 0.1) is 10.6 Å². The molecule has 0 fully saturated rings. The lowest BCUT2D eigenvalue weighted by Crippen LogP contribution is -2.08. The second kappa shape index (κ2) is 8.27. The van der Waals surface area contributed by atoms with Gasteiger partial charge in [0, 0.05) is 0 Å². The van der Waals surface area contributed by atoms with Crippen LogP contribution < -0.4 is 5.32 Å². The Balaban J connectivity index is 2.23. The van der Waals surface area contributed by atoms with Crippen molar-refractivity contribution in [3.05, 3.63) is 30.3 Å². The molecule has 0 heterocycles. The van der Waals surface area contributed by atoms with Crippen molar-refractivity contribution in [2.75, 3.05) is 19.3 Å².